The molecule has 0 spiro atoms. The van der Waals surface area contributed by atoms with Gasteiger partial charge in [-0.25, -0.2) is 9.37 Å². The molecule has 28 heavy (non-hydrogen) atoms. The molecule has 0 bridgehead atoms. The first kappa shape index (κ1) is 19.1. The van der Waals surface area contributed by atoms with Crippen LogP contribution in [0.2, 0.25) is 0 Å². The molecule has 5 nitrogen and oxygen atoms in total. The summed E-state index contributed by atoms with van der Waals surface area (Å²) in [6.07, 6.45) is 8.28. The summed E-state index contributed by atoms with van der Waals surface area (Å²) >= 11 is 0. The van der Waals surface area contributed by atoms with Gasteiger partial charge in [0, 0.05) is 24.6 Å². The van der Waals surface area contributed by atoms with Crippen molar-refractivity contribution in [2.75, 3.05) is 26.2 Å². The molecule has 1 aromatic carbocycles. The number of piperidine rings is 1. The molecule has 0 aliphatic carbocycles. The third kappa shape index (κ3) is 4.61. The van der Waals surface area contributed by atoms with Crippen molar-refractivity contribution in [2.24, 2.45) is 5.92 Å². The summed E-state index contributed by atoms with van der Waals surface area (Å²) in [6.45, 7) is 4.28. The van der Waals surface area contributed by atoms with Gasteiger partial charge >= 0.3 is 0 Å². The summed E-state index contributed by atoms with van der Waals surface area (Å²) in [5.74, 6) is 1.57. The summed E-state index contributed by atoms with van der Waals surface area (Å²) in [4.78, 5) is 21.6. The fraction of sp³-hybridized carbons (Fsp3) is 0.545. The van der Waals surface area contributed by atoms with Gasteiger partial charge < -0.3 is 9.32 Å². The Morgan fingerprint density at radius 1 is 1.04 bits per heavy atom. The van der Waals surface area contributed by atoms with Gasteiger partial charge in [0.2, 0.25) is 11.8 Å². The Kier molecular flexibility index (Phi) is 6.05. The van der Waals surface area contributed by atoms with Crippen LogP contribution in [-0.2, 0) is 11.3 Å². The lowest BCUT2D eigenvalue weighted by atomic mass is 9.95. The average Bonchev–Trinajstić information content (AvgIpc) is 3.01. The molecule has 150 valence electrons. The van der Waals surface area contributed by atoms with Gasteiger partial charge in [-0.05, 0) is 63.0 Å². The van der Waals surface area contributed by atoms with Gasteiger partial charge in [-0.1, -0.05) is 12.8 Å². The highest BCUT2D eigenvalue weighted by Crippen LogP contribution is 2.25. The standard InChI is InChI=1S/C22H28FN3O2/c23-19-7-5-17(6-8-19)20-15-24-21(28-20)16-25-13-9-18(10-14-25)22(27)26-11-3-1-2-4-12-26/h5-8,15,18H,1-4,9-14,16H2. The number of oxazole rings is 1. The molecule has 3 heterocycles. The Morgan fingerprint density at radius 3 is 2.39 bits per heavy atom. The Balaban J connectivity index is 1.28. The first-order valence-electron chi connectivity index (χ1n) is 10.4. The van der Waals surface area contributed by atoms with Crippen LogP contribution in [0.3, 0.4) is 0 Å². The Hall–Kier alpha value is -2.21. The van der Waals surface area contributed by atoms with Crippen molar-refractivity contribution in [2.45, 2.75) is 45.1 Å². The SMILES string of the molecule is O=C(C1CCN(Cc2ncc(-c3ccc(F)cc3)o2)CC1)N1CCCCCC1. The summed E-state index contributed by atoms with van der Waals surface area (Å²) in [5.41, 5.74) is 0.821. The minimum Gasteiger partial charge on any atom is -0.439 e. The summed E-state index contributed by atoms with van der Waals surface area (Å²) in [7, 11) is 0. The molecule has 1 aromatic heterocycles. The van der Waals surface area contributed by atoms with E-state index >= 15 is 0 Å². The number of hydrogen-bond donors (Lipinski definition) is 0. The molecule has 0 unspecified atom stereocenters. The van der Waals surface area contributed by atoms with E-state index in [4.69, 9.17) is 4.42 Å². The third-order valence-corrected chi connectivity index (χ3v) is 5.90. The Bertz CT molecular complexity index is 773. The molecule has 2 aliphatic rings. The third-order valence-electron chi connectivity index (χ3n) is 5.90. The molecule has 0 saturated carbocycles. The lowest BCUT2D eigenvalue weighted by Gasteiger charge is -2.33. The molecule has 6 heteroatoms. The molecule has 2 aromatic rings. The van der Waals surface area contributed by atoms with Crippen LogP contribution in [0.5, 0.6) is 0 Å². The number of aromatic nitrogens is 1. The van der Waals surface area contributed by atoms with Gasteiger partial charge in [0.15, 0.2) is 5.76 Å². The van der Waals surface area contributed by atoms with Crippen LogP contribution < -0.4 is 0 Å². The van der Waals surface area contributed by atoms with Crippen LogP contribution in [0.15, 0.2) is 34.9 Å². The number of hydrogen-bond acceptors (Lipinski definition) is 4. The van der Waals surface area contributed by atoms with E-state index in [1.807, 2.05) is 0 Å². The maximum absolute atomic E-state index is 13.1. The van der Waals surface area contributed by atoms with Crippen molar-refractivity contribution < 1.29 is 13.6 Å². The van der Waals surface area contributed by atoms with E-state index in [-0.39, 0.29) is 11.7 Å². The second kappa shape index (κ2) is 8.86. The first-order chi connectivity index (χ1) is 13.7. The van der Waals surface area contributed by atoms with Crippen molar-refractivity contribution in [3.05, 3.63) is 42.2 Å². The Labute approximate surface area is 165 Å². The minimum absolute atomic E-state index is 0.161. The number of halogens is 1. The van der Waals surface area contributed by atoms with Crippen LogP contribution in [0.1, 0.15) is 44.4 Å². The van der Waals surface area contributed by atoms with Crippen LogP contribution in [0.25, 0.3) is 11.3 Å². The summed E-state index contributed by atoms with van der Waals surface area (Å²) in [5, 5.41) is 0. The molecule has 0 N–H and O–H groups in total. The average molecular weight is 385 g/mol. The number of benzene rings is 1. The van der Waals surface area contributed by atoms with Crippen LogP contribution >= 0.6 is 0 Å². The largest absolute Gasteiger partial charge is 0.439 e. The topological polar surface area (TPSA) is 49.6 Å². The zero-order valence-corrected chi connectivity index (χ0v) is 16.3. The molecule has 4 rings (SSSR count). The zero-order valence-electron chi connectivity index (χ0n) is 16.3. The summed E-state index contributed by atoms with van der Waals surface area (Å²) in [6, 6.07) is 6.23. The second-order valence-electron chi connectivity index (χ2n) is 7.92. The van der Waals surface area contributed by atoms with E-state index in [0.29, 0.717) is 24.1 Å². The van der Waals surface area contributed by atoms with Gasteiger partial charge in [0.25, 0.3) is 0 Å². The van der Waals surface area contributed by atoms with Crippen molar-refractivity contribution in [3.63, 3.8) is 0 Å². The highest BCUT2D eigenvalue weighted by atomic mass is 19.1. The van der Waals surface area contributed by atoms with E-state index in [0.717, 1.165) is 57.4 Å². The van der Waals surface area contributed by atoms with Crippen molar-refractivity contribution in [1.29, 1.82) is 0 Å². The second-order valence-corrected chi connectivity index (χ2v) is 7.92. The molecule has 2 saturated heterocycles. The molecule has 0 radical (unpaired) electrons. The number of carbonyl (C=O) groups is 1. The fourth-order valence-corrected chi connectivity index (χ4v) is 4.21. The quantitative estimate of drug-likeness (QED) is 0.795. The van der Waals surface area contributed by atoms with Crippen molar-refractivity contribution >= 4 is 5.91 Å². The molecule has 2 fully saturated rings. The minimum atomic E-state index is -0.263. The van der Waals surface area contributed by atoms with Gasteiger partial charge in [-0.3, -0.25) is 9.69 Å². The highest BCUT2D eigenvalue weighted by Gasteiger charge is 2.29. The molecule has 0 atom stereocenters. The number of carbonyl (C=O) groups excluding carboxylic acids is 1. The maximum atomic E-state index is 13.1. The van der Waals surface area contributed by atoms with E-state index in [2.05, 4.69) is 14.8 Å². The van der Waals surface area contributed by atoms with Crippen LogP contribution in [0, 0.1) is 11.7 Å². The monoisotopic (exact) mass is 385 g/mol. The molecular weight excluding hydrogens is 357 g/mol. The van der Waals surface area contributed by atoms with E-state index in [1.165, 1.54) is 25.0 Å². The molecule has 1 amide bonds. The lowest BCUT2D eigenvalue weighted by Crippen LogP contribution is -2.42. The van der Waals surface area contributed by atoms with Gasteiger partial charge in [-0.15, -0.1) is 0 Å². The summed E-state index contributed by atoms with van der Waals surface area (Å²) < 4.78 is 18.9. The van der Waals surface area contributed by atoms with E-state index in [1.54, 1.807) is 18.3 Å². The van der Waals surface area contributed by atoms with Gasteiger partial charge in [-0.2, -0.15) is 0 Å². The number of likely N-dealkylation sites (tertiary alicyclic amines) is 2. The zero-order chi connectivity index (χ0) is 19.3. The van der Waals surface area contributed by atoms with E-state index < -0.39 is 0 Å². The van der Waals surface area contributed by atoms with Crippen LogP contribution in [-0.4, -0.2) is 46.9 Å². The highest BCUT2D eigenvalue weighted by molar-refractivity contribution is 5.79. The van der Waals surface area contributed by atoms with Crippen molar-refractivity contribution in [1.82, 2.24) is 14.8 Å². The smallest absolute Gasteiger partial charge is 0.225 e. The predicted molar refractivity (Wildman–Crippen MR) is 105 cm³/mol. The van der Waals surface area contributed by atoms with Crippen molar-refractivity contribution in [3.8, 4) is 11.3 Å². The normalized spacial score (nSPS) is 19.5. The molecule has 2 aliphatic heterocycles. The fourth-order valence-electron chi connectivity index (χ4n) is 4.21. The van der Waals surface area contributed by atoms with Crippen LogP contribution in [0.4, 0.5) is 4.39 Å². The van der Waals surface area contributed by atoms with Gasteiger partial charge in [0.05, 0.1) is 12.7 Å². The molecular formula is C22H28FN3O2. The Morgan fingerprint density at radius 2 is 1.71 bits per heavy atom. The number of rotatable bonds is 4. The first-order valence-corrected chi connectivity index (χ1v) is 10.4. The lowest BCUT2D eigenvalue weighted by molar-refractivity contribution is -0.137. The predicted octanol–water partition coefficient (Wildman–Crippen LogP) is 4.10. The number of amides is 1. The van der Waals surface area contributed by atoms with Gasteiger partial charge in [0.1, 0.15) is 5.82 Å². The number of nitrogens with zero attached hydrogens (tertiary/aromatic N) is 3. The van der Waals surface area contributed by atoms with E-state index in [9.17, 15) is 9.18 Å². The maximum Gasteiger partial charge on any atom is 0.225 e.